The maximum absolute atomic E-state index is 2.50. The van der Waals surface area contributed by atoms with E-state index in [0.29, 0.717) is 10.8 Å². The quantitative estimate of drug-likeness (QED) is 0.587. The van der Waals surface area contributed by atoms with Crippen molar-refractivity contribution < 1.29 is 0 Å². The van der Waals surface area contributed by atoms with Crippen molar-refractivity contribution in [3.8, 4) is 0 Å². The minimum absolute atomic E-state index is 0.539. The van der Waals surface area contributed by atoms with Gasteiger partial charge in [-0.25, -0.2) is 0 Å². The Balaban J connectivity index is 2.72. The minimum Gasteiger partial charge on any atom is -0.0654 e. The smallest absolute Gasteiger partial charge is 0.0243 e. The van der Waals surface area contributed by atoms with Crippen LogP contribution >= 0.6 is 0 Å². The van der Waals surface area contributed by atoms with E-state index >= 15 is 0 Å². The van der Waals surface area contributed by atoms with Gasteiger partial charge in [0, 0.05) is 0 Å². The van der Waals surface area contributed by atoms with Gasteiger partial charge in [-0.2, -0.15) is 0 Å². The largest absolute Gasteiger partial charge is 0.0654 e. The van der Waals surface area contributed by atoms with Gasteiger partial charge in [-0.05, 0) is 29.1 Å². The van der Waals surface area contributed by atoms with Gasteiger partial charge in [-0.15, -0.1) is 0 Å². The van der Waals surface area contributed by atoms with E-state index in [-0.39, 0.29) is 0 Å². The van der Waals surface area contributed by atoms with Crippen molar-refractivity contribution in [2.24, 2.45) is 22.7 Å². The lowest BCUT2D eigenvalue weighted by Crippen LogP contribution is -2.33. The van der Waals surface area contributed by atoms with Crippen LogP contribution < -0.4 is 0 Å². The van der Waals surface area contributed by atoms with Crippen molar-refractivity contribution in [3.05, 3.63) is 0 Å². The van der Waals surface area contributed by atoms with Crippen molar-refractivity contribution >= 4 is 0 Å². The third-order valence-corrected chi connectivity index (χ3v) is 5.28. The first-order valence-electron chi connectivity index (χ1n) is 6.40. The molecule has 0 aromatic heterocycles. The molecule has 0 heteroatoms. The molecule has 0 nitrogen and oxygen atoms in total. The van der Waals surface area contributed by atoms with Gasteiger partial charge < -0.3 is 0 Å². The van der Waals surface area contributed by atoms with Crippen molar-refractivity contribution in [1.29, 1.82) is 0 Å². The molecule has 0 aromatic rings. The van der Waals surface area contributed by atoms with Crippen LogP contribution in [-0.4, -0.2) is 0 Å². The topological polar surface area (TPSA) is 0 Å². The second kappa shape index (κ2) is 3.87. The number of hydrogen-bond acceptors (Lipinski definition) is 0. The van der Waals surface area contributed by atoms with E-state index in [9.17, 15) is 0 Å². The van der Waals surface area contributed by atoms with E-state index in [2.05, 4.69) is 41.5 Å². The molecule has 3 unspecified atom stereocenters. The molecule has 1 rings (SSSR count). The van der Waals surface area contributed by atoms with Crippen molar-refractivity contribution in [3.63, 3.8) is 0 Å². The standard InChI is InChI=1S/C14H28/c1-7-9-12(8-2)13(4,5)14(6)10-11(14)3/h11-12H,7-10H2,1-6H3. The molecular formula is C14H28. The summed E-state index contributed by atoms with van der Waals surface area (Å²) >= 11 is 0. The van der Waals surface area contributed by atoms with Gasteiger partial charge in [0.15, 0.2) is 0 Å². The van der Waals surface area contributed by atoms with E-state index in [1.807, 2.05) is 0 Å². The molecule has 1 saturated carbocycles. The monoisotopic (exact) mass is 196 g/mol. The Morgan fingerprint density at radius 1 is 1.36 bits per heavy atom. The van der Waals surface area contributed by atoms with Crippen LogP contribution in [0.15, 0.2) is 0 Å². The lowest BCUT2D eigenvalue weighted by molar-refractivity contribution is 0.0849. The van der Waals surface area contributed by atoms with Crippen LogP contribution in [0.25, 0.3) is 0 Å². The Hall–Kier alpha value is 0. The third-order valence-electron chi connectivity index (χ3n) is 5.28. The molecule has 0 aromatic carbocycles. The van der Waals surface area contributed by atoms with Gasteiger partial charge in [0.1, 0.15) is 0 Å². The summed E-state index contributed by atoms with van der Waals surface area (Å²) in [6.45, 7) is 14.6. The third kappa shape index (κ3) is 1.73. The van der Waals surface area contributed by atoms with E-state index in [1.165, 1.54) is 25.7 Å². The zero-order valence-electron chi connectivity index (χ0n) is 11.0. The fraction of sp³-hybridized carbons (Fsp3) is 1.00. The summed E-state index contributed by atoms with van der Waals surface area (Å²) in [6.07, 6.45) is 5.54. The lowest BCUT2D eigenvalue weighted by Gasteiger charge is -2.40. The number of hydrogen-bond donors (Lipinski definition) is 0. The van der Waals surface area contributed by atoms with Crippen molar-refractivity contribution in [1.82, 2.24) is 0 Å². The summed E-state index contributed by atoms with van der Waals surface area (Å²) in [7, 11) is 0. The highest BCUT2D eigenvalue weighted by atomic mass is 14.6. The summed E-state index contributed by atoms with van der Waals surface area (Å²) in [4.78, 5) is 0. The Bertz CT molecular complexity index is 192. The molecule has 14 heavy (non-hydrogen) atoms. The predicted molar refractivity (Wildman–Crippen MR) is 64.4 cm³/mol. The number of rotatable bonds is 5. The SMILES string of the molecule is CCCC(CC)C(C)(C)C1(C)CC1C. The Labute approximate surface area is 90.5 Å². The first-order chi connectivity index (χ1) is 6.40. The van der Waals surface area contributed by atoms with Gasteiger partial charge in [-0.1, -0.05) is 60.8 Å². The van der Waals surface area contributed by atoms with Gasteiger partial charge >= 0.3 is 0 Å². The molecule has 0 aliphatic heterocycles. The average Bonchev–Trinajstić information content (AvgIpc) is 2.72. The van der Waals surface area contributed by atoms with Crippen molar-refractivity contribution in [2.45, 2.75) is 67.2 Å². The summed E-state index contributed by atoms with van der Waals surface area (Å²) in [5.41, 5.74) is 1.17. The zero-order valence-corrected chi connectivity index (χ0v) is 11.0. The molecule has 0 amide bonds. The van der Waals surface area contributed by atoms with E-state index < -0.39 is 0 Å². The first-order valence-corrected chi connectivity index (χ1v) is 6.40. The zero-order chi connectivity index (χ0) is 11.0. The maximum atomic E-state index is 2.50. The highest BCUT2D eigenvalue weighted by molar-refractivity contribution is 5.07. The van der Waals surface area contributed by atoms with Crippen LogP contribution in [0.2, 0.25) is 0 Å². The van der Waals surface area contributed by atoms with Crippen LogP contribution in [-0.2, 0) is 0 Å². The van der Waals surface area contributed by atoms with Gasteiger partial charge in [0.2, 0.25) is 0 Å². The average molecular weight is 196 g/mol. The molecule has 0 saturated heterocycles. The molecule has 1 aliphatic carbocycles. The van der Waals surface area contributed by atoms with E-state index in [0.717, 1.165) is 11.8 Å². The van der Waals surface area contributed by atoms with Crippen LogP contribution in [0.5, 0.6) is 0 Å². The van der Waals surface area contributed by atoms with Gasteiger partial charge in [0.25, 0.3) is 0 Å². The molecule has 84 valence electrons. The van der Waals surface area contributed by atoms with Crippen LogP contribution in [0.4, 0.5) is 0 Å². The fourth-order valence-corrected chi connectivity index (χ4v) is 3.37. The highest BCUT2D eigenvalue weighted by Crippen LogP contribution is 2.66. The van der Waals surface area contributed by atoms with Gasteiger partial charge in [0.05, 0.1) is 0 Å². The van der Waals surface area contributed by atoms with Crippen molar-refractivity contribution in [2.75, 3.05) is 0 Å². The van der Waals surface area contributed by atoms with E-state index in [1.54, 1.807) is 0 Å². The molecule has 0 spiro atoms. The summed E-state index contributed by atoms with van der Waals surface area (Å²) in [5, 5.41) is 0. The normalized spacial score (nSPS) is 34.3. The second-order valence-electron chi connectivity index (χ2n) is 6.14. The fourth-order valence-electron chi connectivity index (χ4n) is 3.37. The van der Waals surface area contributed by atoms with Crippen LogP contribution in [0.3, 0.4) is 0 Å². The highest BCUT2D eigenvalue weighted by Gasteiger charge is 2.58. The molecule has 0 bridgehead atoms. The second-order valence-corrected chi connectivity index (χ2v) is 6.14. The summed E-state index contributed by atoms with van der Waals surface area (Å²) < 4.78 is 0. The Kier molecular flexibility index (Phi) is 3.33. The molecule has 3 atom stereocenters. The van der Waals surface area contributed by atoms with Gasteiger partial charge in [-0.3, -0.25) is 0 Å². The van der Waals surface area contributed by atoms with Crippen LogP contribution in [0, 0.1) is 22.7 Å². The van der Waals surface area contributed by atoms with E-state index in [4.69, 9.17) is 0 Å². The summed E-state index contributed by atoms with van der Waals surface area (Å²) in [6, 6.07) is 0. The maximum Gasteiger partial charge on any atom is -0.0243 e. The molecule has 0 radical (unpaired) electrons. The predicted octanol–water partition coefficient (Wildman–Crippen LogP) is 4.89. The summed E-state index contributed by atoms with van der Waals surface area (Å²) in [5.74, 6) is 1.87. The minimum atomic E-state index is 0.539. The lowest BCUT2D eigenvalue weighted by atomic mass is 9.64. The Morgan fingerprint density at radius 3 is 2.14 bits per heavy atom. The molecule has 0 heterocycles. The van der Waals surface area contributed by atoms with Crippen LogP contribution in [0.1, 0.15) is 67.2 Å². The molecule has 1 fully saturated rings. The molecule has 1 aliphatic rings. The molecule has 0 N–H and O–H groups in total. The first kappa shape index (κ1) is 12.1. The molecular weight excluding hydrogens is 168 g/mol. The Morgan fingerprint density at radius 2 is 1.86 bits per heavy atom.